The van der Waals surface area contributed by atoms with Gasteiger partial charge in [0.1, 0.15) is 18.3 Å². The van der Waals surface area contributed by atoms with Crippen molar-refractivity contribution in [3.63, 3.8) is 0 Å². The average Bonchev–Trinajstić information content (AvgIpc) is 2.57. The minimum atomic E-state index is -1.10. The summed E-state index contributed by atoms with van der Waals surface area (Å²) in [4.78, 5) is 2.80. The van der Waals surface area contributed by atoms with Gasteiger partial charge in [-0.05, 0) is 5.53 Å². The van der Waals surface area contributed by atoms with Crippen molar-refractivity contribution in [1.29, 1.82) is 0 Å². The van der Waals surface area contributed by atoms with E-state index in [0.29, 0.717) is 0 Å². The maximum atomic E-state index is 10.2. The third-order valence-electron chi connectivity index (χ3n) is 3.82. The lowest BCUT2D eigenvalue weighted by atomic mass is 9.96. The Morgan fingerprint density at radius 1 is 1.32 bits per heavy atom. The zero-order valence-electron chi connectivity index (χ0n) is 12.0. The fraction of sp³-hybridized carbons (Fsp3) is 0.571. The molecule has 1 unspecified atom stereocenters. The standard InChI is InChI=1S/C14H17N3O5/c1-19-14-11(18)10(16-17-15)12-9(21-14)7-20-13(22-12)8-5-3-2-4-6-8/h2-6,9-14,18H,7H2,1H3/t9-,10+,11+,12-,13?,14+/m1/s1. The van der Waals surface area contributed by atoms with E-state index >= 15 is 0 Å². The van der Waals surface area contributed by atoms with E-state index in [-0.39, 0.29) is 6.61 Å². The van der Waals surface area contributed by atoms with Gasteiger partial charge in [-0.3, -0.25) is 0 Å². The smallest absolute Gasteiger partial charge is 0.184 e. The summed E-state index contributed by atoms with van der Waals surface area (Å²) in [6.07, 6.45) is -3.64. The van der Waals surface area contributed by atoms with E-state index < -0.39 is 36.9 Å². The van der Waals surface area contributed by atoms with Crippen molar-refractivity contribution in [3.8, 4) is 0 Å². The van der Waals surface area contributed by atoms with Crippen molar-refractivity contribution in [1.82, 2.24) is 0 Å². The van der Waals surface area contributed by atoms with E-state index in [1.807, 2.05) is 30.3 Å². The second-order valence-electron chi connectivity index (χ2n) is 5.14. The highest BCUT2D eigenvalue weighted by Gasteiger charge is 2.49. The Kier molecular flexibility index (Phi) is 4.58. The Labute approximate surface area is 127 Å². The first-order valence-corrected chi connectivity index (χ1v) is 6.97. The van der Waals surface area contributed by atoms with E-state index in [1.165, 1.54) is 7.11 Å². The van der Waals surface area contributed by atoms with Gasteiger partial charge in [0.25, 0.3) is 0 Å². The first-order chi connectivity index (χ1) is 10.7. The van der Waals surface area contributed by atoms with E-state index in [1.54, 1.807) is 0 Å². The number of aliphatic hydroxyl groups is 1. The molecule has 2 fully saturated rings. The number of ether oxygens (including phenoxy) is 4. The molecule has 0 radical (unpaired) electrons. The molecule has 2 aliphatic heterocycles. The molecule has 2 saturated heterocycles. The maximum absolute atomic E-state index is 10.2. The van der Waals surface area contributed by atoms with Crippen LogP contribution in [0, 0.1) is 0 Å². The van der Waals surface area contributed by atoms with Crippen LogP contribution < -0.4 is 0 Å². The molecule has 1 N–H and O–H groups in total. The number of aliphatic hydroxyl groups excluding tert-OH is 1. The van der Waals surface area contributed by atoms with Crippen LogP contribution in [0.15, 0.2) is 35.4 Å². The molecular weight excluding hydrogens is 290 g/mol. The van der Waals surface area contributed by atoms with Gasteiger partial charge in [0.05, 0.1) is 12.6 Å². The van der Waals surface area contributed by atoms with Crippen LogP contribution in [0.5, 0.6) is 0 Å². The number of fused-ring (bicyclic) bond motifs is 1. The molecule has 0 spiro atoms. The highest BCUT2D eigenvalue weighted by Crippen LogP contribution is 2.35. The van der Waals surface area contributed by atoms with E-state index in [2.05, 4.69) is 10.0 Å². The summed E-state index contributed by atoms with van der Waals surface area (Å²) in [5.41, 5.74) is 9.60. The Balaban J connectivity index is 1.82. The fourth-order valence-electron chi connectivity index (χ4n) is 2.75. The lowest BCUT2D eigenvalue weighted by molar-refractivity contribution is -0.337. The Morgan fingerprint density at radius 2 is 2.09 bits per heavy atom. The molecule has 0 aromatic heterocycles. The second-order valence-corrected chi connectivity index (χ2v) is 5.14. The van der Waals surface area contributed by atoms with E-state index in [4.69, 9.17) is 24.5 Å². The van der Waals surface area contributed by atoms with Gasteiger partial charge >= 0.3 is 0 Å². The van der Waals surface area contributed by atoms with Gasteiger partial charge in [0.2, 0.25) is 0 Å². The van der Waals surface area contributed by atoms with Gasteiger partial charge in [-0.2, -0.15) is 0 Å². The second kappa shape index (κ2) is 6.62. The zero-order valence-corrected chi connectivity index (χ0v) is 12.0. The molecule has 22 heavy (non-hydrogen) atoms. The van der Waals surface area contributed by atoms with Gasteiger partial charge in [0.15, 0.2) is 12.6 Å². The van der Waals surface area contributed by atoms with Crippen LogP contribution in [0.2, 0.25) is 0 Å². The topological polar surface area (TPSA) is 106 Å². The molecule has 8 heteroatoms. The van der Waals surface area contributed by atoms with Gasteiger partial charge in [0, 0.05) is 17.6 Å². The monoisotopic (exact) mass is 307 g/mol. The molecule has 118 valence electrons. The van der Waals surface area contributed by atoms with Crippen LogP contribution in [-0.2, 0) is 18.9 Å². The number of benzene rings is 1. The van der Waals surface area contributed by atoms with Gasteiger partial charge in [-0.15, -0.1) is 0 Å². The summed E-state index contributed by atoms with van der Waals surface area (Å²) in [6.45, 7) is 0.258. The van der Waals surface area contributed by atoms with Gasteiger partial charge in [-0.25, -0.2) is 0 Å². The summed E-state index contributed by atoms with van der Waals surface area (Å²) in [5, 5.41) is 13.9. The molecule has 2 aliphatic rings. The Hall–Kier alpha value is -1.67. The minimum absolute atomic E-state index is 0.258. The van der Waals surface area contributed by atoms with Crippen molar-refractivity contribution in [3.05, 3.63) is 46.3 Å². The van der Waals surface area contributed by atoms with Crippen LogP contribution in [0.3, 0.4) is 0 Å². The van der Waals surface area contributed by atoms with Crippen molar-refractivity contribution in [2.75, 3.05) is 13.7 Å². The number of nitrogens with zero attached hydrogens (tertiary/aromatic N) is 3. The quantitative estimate of drug-likeness (QED) is 0.517. The third-order valence-corrected chi connectivity index (χ3v) is 3.82. The molecule has 0 amide bonds. The maximum Gasteiger partial charge on any atom is 0.184 e. The van der Waals surface area contributed by atoms with E-state index in [0.717, 1.165) is 5.56 Å². The highest BCUT2D eigenvalue weighted by atomic mass is 16.7. The summed E-state index contributed by atoms with van der Waals surface area (Å²) in [5.74, 6) is 0. The van der Waals surface area contributed by atoms with Crippen LogP contribution in [-0.4, -0.2) is 49.5 Å². The summed E-state index contributed by atoms with van der Waals surface area (Å²) < 4.78 is 22.2. The Morgan fingerprint density at radius 3 is 2.77 bits per heavy atom. The molecule has 0 bridgehead atoms. The first kappa shape index (κ1) is 15.2. The number of hydrogen-bond donors (Lipinski definition) is 1. The number of azide groups is 1. The Bertz CT molecular complexity index is 551. The van der Waals surface area contributed by atoms with Crippen LogP contribution in [0.25, 0.3) is 10.4 Å². The van der Waals surface area contributed by atoms with Crippen molar-refractivity contribution < 1.29 is 24.1 Å². The first-order valence-electron chi connectivity index (χ1n) is 6.97. The number of rotatable bonds is 3. The van der Waals surface area contributed by atoms with Crippen molar-refractivity contribution >= 4 is 0 Å². The van der Waals surface area contributed by atoms with Crippen molar-refractivity contribution in [2.45, 2.75) is 36.9 Å². The predicted molar refractivity (Wildman–Crippen MR) is 74.6 cm³/mol. The van der Waals surface area contributed by atoms with Crippen molar-refractivity contribution in [2.24, 2.45) is 5.11 Å². The SMILES string of the molecule is CO[C@H]1O[C@@H]2COC(c3ccccc3)O[C@H]2[C@@H](N=[N+]=[N-])[C@@H]1O. The van der Waals surface area contributed by atoms with Crippen LogP contribution in [0.4, 0.5) is 0 Å². The third kappa shape index (κ3) is 2.80. The molecule has 8 nitrogen and oxygen atoms in total. The minimum Gasteiger partial charge on any atom is -0.387 e. The van der Waals surface area contributed by atoms with Crippen LogP contribution in [0.1, 0.15) is 11.9 Å². The molecule has 1 aromatic carbocycles. The number of hydrogen-bond acceptors (Lipinski definition) is 6. The van der Waals surface area contributed by atoms with Gasteiger partial charge < -0.3 is 24.1 Å². The molecule has 1 aromatic rings. The highest BCUT2D eigenvalue weighted by molar-refractivity contribution is 5.16. The molecule has 6 atom stereocenters. The number of methoxy groups -OCH3 is 1. The average molecular weight is 307 g/mol. The fourth-order valence-corrected chi connectivity index (χ4v) is 2.75. The molecule has 0 aliphatic carbocycles. The van der Waals surface area contributed by atoms with E-state index in [9.17, 15) is 5.11 Å². The normalized spacial score (nSPS) is 37.9. The lowest BCUT2D eigenvalue weighted by Gasteiger charge is -2.46. The summed E-state index contributed by atoms with van der Waals surface area (Å²) in [7, 11) is 1.42. The molecule has 2 heterocycles. The predicted octanol–water partition coefficient (Wildman–Crippen LogP) is 1.51. The molecule has 3 rings (SSSR count). The molecule has 0 saturated carbocycles. The largest absolute Gasteiger partial charge is 0.387 e. The molecular formula is C14H17N3O5. The zero-order chi connectivity index (χ0) is 15.5. The lowest BCUT2D eigenvalue weighted by Crippen LogP contribution is -2.61. The summed E-state index contributed by atoms with van der Waals surface area (Å²) in [6, 6.07) is 8.62. The van der Waals surface area contributed by atoms with Gasteiger partial charge in [-0.1, -0.05) is 35.4 Å². The summed E-state index contributed by atoms with van der Waals surface area (Å²) >= 11 is 0. The van der Waals surface area contributed by atoms with Crippen LogP contribution >= 0.6 is 0 Å².